The van der Waals surface area contributed by atoms with Gasteiger partial charge in [0.1, 0.15) is 5.56 Å². The molecule has 1 aliphatic rings. The second-order valence-corrected chi connectivity index (χ2v) is 8.02. The number of nitrogens with one attached hydrogen (secondary N) is 1. The first kappa shape index (κ1) is 20.1. The average molecular weight is 402 g/mol. The predicted molar refractivity (Wildman–Crippen MR) is 120 cm³/mol. The number of hydrogen-bond acceptors (Lipinski definition) is 3. The van der Waals surface area contributed by atoms with E-state index < -0.39 is 5.91 Å². The van der Waals surface area contributed by atoms with Gasteiger partial charge in [-0.1, -0.05) is 43.5 Å². The van der Waals surface area contributed by atoms with E-state index in [4.69, 9.17) is 0 Å². The third kappa shape index (κ3) is 4.35. The Morgan fingerprint density at radius 3 is 2.50 bits per heavy atom. The van der Waals surface area contributed by atoms with Gasteiger partial charge >= 0.3 is 0 Å². The Morgan fingerprint density at radius 2 is 1.80 bits per heavy atom. The first-order chi connectivity index (χ1) is 14.6. The highest BCUT2D eigenvalue weighted by Crippen LogP contribution is 2.29. The van der Waals surface area contributed by atoms with Gasteiger partial charge in [0.05, 0.1) is 11.4 Å². The molecule has 0 saturated heterocycles. The molecule has 0 unspecified atom stereocenters. The van der Waals surface area contributed by atoms with Crippen molar-refractivity contribution >= 4 is 11.6 Å². The lowest BCUT2D eigenvalue weighted by atomic mass is 9.89. The summed E-state index contributed by atoms with van der Waals surface area (Å²) < 4.78 is 2.12. The van der Waals surface area contributed by atoms with Gasteiger partial charge in [-0.05, 0) is 49.9 Å². The second-order valence-electron chi connectivity index (χ2n) is 8.02. The summed E-state index contributed by atoms with van der Waals surface area (Å²) in [7, 11) is 0. The van der Waals surface area contributed by atoms with Crippen LogP contribution >= 0.6 is 0 Å². The highest BCUT2D eigenvalue weighted by molar-refractivity contribution is 6.07. The first-order valence-electron chi connectivity index (χ1n) is 10.7. The van der Waals surface area contributed by atoms with Gasteiger partial charge in [0.25, 0.3) is 5.91 Å². The van der Waals surface area contributed by atoms with Gasteiger partial charge in [0.15, 0.2) is 5.43 Å². The zero-order valence-electron chi connectivity index (χ0n) is 17.3. The molecule has 4 rings (SSSR count). The van der Waals surface area contributed by atoms with Crippen LogP contribution in [0.3, 0.4) is 0 Å². The Morgan fingerprint density at radius 1 is 1.07 bits per heavy atom. The maximum absolute atomic E-state index is 13.2. The Balaban J connectivity index is 1.82. The zero-order valence-corrected chi connectivity index (χ0v) is 17.3. The standard InChI is InChI=1S/C25H27N3O2/c1-18-16-22(29)23(25(30)27-20-12-6-3-7-13-20)24(21-14-8-9-15-26-21)28(18)17-19-10-4-2-5-11-19/h3,6-9,12-16,19H,2,4-5,10-11,17H2,1H3,(H,27,30). The quantitative estimate of drug-likeness (QED) is 0.651. The van der Waals surface area contributed by atoms with Crippen LogP contribution < -0.4 is 10.7 Å². The van der Waals surface area contributed by atoms with E-state index in [1.165, 1.54) is 32.1 Å². The third-order valence-electron chi connectivity index (χ3n) is 5.85. The van der Waals surface area contributed by atoms with E-state index in [-0.39, 0.29) is 11.0 Å². The molecule has 1 aliphatic carbocycles. The van der Waals surface area contributed by atoms with Crippen molar-refractivity contribution in [3.05, 3.63) is 82.3 Å². The lowest BCUT2D eigenvalue weighted by molar-refractivity contribution is 0.102. The fourth-order valence-electron chi connectivity index (χ4n) is 4.33. The van der Waals surface area contributed by atoms with E-state index in [1.54, 1.807) is 12.3 Å². The maximum Gasteiger partial charge on any atom is 0.261 e. The second kappa shape index (κ2) is 9.08. The molecule has 1 saturated carbocycles. The smallest absolute Gasteiger partial charge is 0.261 e. The molecule has 30 heavy (non-hydrogen) atoms. The number of hydrogen-bond donors (Lipinski definition) is 1. The van der Waals surface area contributed by atoms with Crippen molar-refractivity contribution in [2.75, 3.05) is 5.32 Å². The number of aromatic nitrogens is 2. The molecule has 154 valence electrons. The molecule has 0 radical (unpaired) electrons. The molecule has 2 heterocycles. The highest BCUT2D eigenvalue weighted by atomic mass is 16.2. The highest BCUT2D eigenvalue weighted by Gasteiger charge is 2.24. The third-order valence-corrected chi connectivity index (χ3v) is 5.85. The number of benzene rings is 1. The van der Waals surface area contributed by atoms with Crippen molar-refractivity contribution in [2.45, 2.75) is 45.6 Å². The molecule has 3 aromatic rings. The van der Waals surface area contributed by atoms with Crippen molar-refractivity contribution in [1.82, 2.24) is 9.55 Å². The van der Waals surface area contributed by atoms with Crippen molar-refractivity contribution in [3.8, 4) is 11.4 Å². The number of rotatable bonds is 5. The number of pyridine rings is 2. The molecule has 0 aliphatic heterocycles. The van der Waals surface area contributed by atoms with E-state index in [1.807, 2.05) is 55.5 Å². The van der Waals surface area contributed by atoms with Gasteiger partial charge in [-0.3, -0.25) is 14.6 Å². The maximum atomic E-state index is 13.2. The van der Waals surface area contributed by atoms with Crippen LogP contribution in [0, 0.1) is 12.8 Å². The molecule has 0 bridgehead atoms. The number of nitrogens with zero attached hydrogens (tertiary/aromatic N) is 2. The van der Waals surface area contributed by atoms with Gasteiger partial charge in [0, 0.05) is 30.2 Å². The molecule has 0 atom stereocenters. The Kier molecular flexibility index (Phi) is 6.07. The van der Waals surface area contributed by atoms with Crippen LogP contribution in [-0.2, 0) is 6.54 Å². The Labute approximate surface area is 176 Å². The minimum Gasteiger partial charge on any atom is -0.342 e. The van der Waals surface area contributed by atoms with Crippen LogP contribution in [0.15, 0.2) is 65.6 Å². The van der Waals surface area contributed by atoms with E-state index in [2.05, 4.69) is 14.9 Å². The lowest BCUT2D eigenvalue weighted by Gasteiger charge is -2.27. The van der Waals surface area contributed by atoms with Crippen molar-refractivity contribution in [3.63, 3.8) is 0 Å². The van der Waals surface area contributed by atoms with Gasteiger partial charge in [-0.25, -0.2) is 0 Å². The molecule has 5 heteroatoms. The van der Waals surface area contributed by atoms with E-state index >= 15 is 0 Å². The van der Waals surface area contributed by atoms with Crippen molar-refractivity contribution < 1.29 is 4.79 Å². The summed E-state index contributed by atoms with van der Waals surface area (Å²) >= 11 is 0. The van der Waals surface area contributed by atoms with Gasteiger partial charge in [-0.2, -0.15) is 0 Å². The summed E-state index contributed by atoms with van der Waals surface area (Å²) in [4.78, 5) is 30.7. The van der Waals surface area contributed by atoms with Crippen LogP contribution in [0.5, 0.6) is 0 Å². The number of aryl methyl sites for hydroxylation is 1. The summed E-state index contributed by atoms with van der Waals surface area (Å²) in [5, 5.41) is 2.88. The normalized spacial score (nSPS) is 14.4. The summed E-state index contributed by atoms with van der Waals surface area (Å²) in [6.07, 6.45) is 7.83. The first-order valence-corrected chi connectivity index (χ1v) is 10.7. The molecule has 1 aromatic carbocycles. The van der Waals surface area contributed by atoms with E-state index in [0.29, 0.717) is 23.0 Å². The van der Waals surface area contributed by atoms with Crippen LogP contribution in [0.2, 0.25) is 0 Å². The largest absolute Gasteiger partial charge is 0.342 e. The van der Waals surface area contributed by atoms with Gasteiger partial charge in [-0.15, -0.1) is 0 Å². The number of amides is 1. The topological polar surface area (TPSA) is 64.0 Å². The molecule has 5 nitrogen and oxygen atoms in total. The van der Waals surface area contributed by atoms with Crippen LogP contribution in [0.4, 0.5) is 5.69 Å². The molecule has 0 spiro atoms. The molecule has 2 aromatic heterocycles. The fourth-order valence-corrected chi connectivity index (χ4v) is 4.33. The summed E-state index contributed by atoms with van der Waals surface area (Å²) in [5.41, 5.74) is 2.66. The molecule has 1 amide bonds. The predicted octanol–water partition coefficient (Wildman–Crippen LogP) is 5.05. The molecular weight excluding hydrogens is 374 g/mol. The van der Waals surface area contributed by atoms with Crippen LogP contribution in [-0.4, -0.2) is 15.5 Å². The Hall–Kier alpha value is -3.21. The number of carbonyl (C=O) groups is 1. The number of carbonyl (C=O) groups excluding carboxylic acids is 1. The number of anilines is 1. The van der Waals surface area contributed by atoms with E-state index in [9.17, 15) is 9.59 Å². The average Bonchev–Trinajstić information content (AvgIpc) is 2.77. The van der Waals surface area contributed by atoms with Crippen molar-refractivity contribution in [1.29, 1.82) is 0 Å². The van der Waals surface area contributed by atoms with Crippen LogP contribution in [0.1, 0.15) is 48.2 Å². The van der Waals surface area contributed by atoms with Crippen LogP contribution in [0.25, 0.3) is 11.4 Å². The minimum absolute atomic E-state index is 0.152. The number of para-hydroxylation sites is 1. The monoisotopic (exact) mass is 401 g/mol. The van der Waals surface area contributed by atoms with Gasteiger partial charge in [0.2, 0.25) is 0 Å². The summed E-state index contributed by atoms with van der Waals surface area (Å²) in [6, 6.07) is 16.4. The minimum atomic E-state index is -0.399. The molecule has 1 fully saturated rings. The lowest BCUT2D eigenvalue weighted by Crippen LogP contribution is -2.28. The molecule has 1 N–H and O–H groups in total. The van der Waals surface area contributed by atoms with Crippen molar-refractivity contribution in [2.24, 2.45) is 5.92 Å². The van der Waals surface area contributed by atoms with E-state index in [0.717, 1.165) is 12.2 Å². The zero-order chi connectivity index (χ0) is 20.9. The van der Waals surface area contributed by atoms with Gasteiger partial charge < -0.3 is 9.88 Å². The summed E-state index contributed by atoms with van der Waals surface area (Å²) in [6.45, 7) is 2.74. The SMILES string of the molecule is Cc1cc(=O)c(C(=O)Nc2ccccc2)c(-c2ccccn2)n1CC1CCCCC1. The molecular formula is C25H27N3O2. The Bertz CT molecular complexity index is 1070. The summed E-state index contributed by atoms with van der Waals surface area (Å²) in [5.74, 6) is 0.150. The fraction of sp³-hybridized carbons (Fsp3) is 0.320.